The Bertz CT molecular complexity index is 1010. The van der Waals surface area contributed by atoms with Crippen molar-refractivity contribution in [3.63, 3.8) is 0 Å². The van der Waals surface area contributed by atoms with Crippen LogP contribution < -0.4 is 9.62 Å². The second kappa shape index (κ2) is 7.63. The number of carbonyl (C=O) groups excluding carboxylic acids is 2. The summed E-state index contributed by atoms with van der Waals surface area (Å²) in [5.41, 5.74) is 1.57. The zero-order valence-electron chi connectivity index (χ0n) is 15.8. The molecular formula is C18H21N3O6S. The molecule has 0 bridgehead atoms. The van der Waals surface area contributed by atoms with Gasteiger partial charge >= 0.3 is 5.97 Å². The van der Waals surface area contributed by atoms with Gasteiger partial charge in [-0.15, -0.1) is 0 Å². The molecule has 0 unspecified atom stereocenters. The van der Waals surface area contributed by atoms with E-state index in [0.29, 0.717) is 30.8 Å². The second-order valence-corrected chi connectivity index (χ2v) is 8.55. The quantitative estimate of drug-likeness (QED) is 0.752. The standard InChI is InChI=1S/C18H21N3O6S/c1-11-9-16(20-27-11)19-17(22)12(2)26-18(23)14-6-7-15-13(10-14)5-4-8-21(15)28(3,24)25/h6-7,9-10,12H,4-5,8H2,1-3H3,(H,19,20,22)/t12-/m1/s1. The van der Waals surface area contributed by atoms with Crippen molar-refractivity contribution in [2.24, 2.45) is 0 Å². The highest BCUT2D eigenvalue weighted by Gasteiger charge is 2.26. The number of nitrogens with zero attached hydrogens (tertiary/aromatic N) is 2. The monoisotopic (exact) mass is 407 g/mol. The number of aryl methyl sites for hydroxylation is 2. The van der Waals surface area contributed by atoms with Crippen molar-refractivity contribution in [2.45, 2.75) is 32.8 Å². The van der Waals surface area contributed by atoms with Crippen LogP contribution in [0.15, 0.2) is 28.8 Å². The molecule has 0 radical (unpaired) electrons. The summed E-state index contributed by atoms with van der Waals surface area (Å²) in [6, 6.07) is 6.25. The van der Waals surface area contributed by atoms with Gasteiger partial charge in [0.2, 0.25) is 10.0 Å². The van der Waals surface area contributed by atoms with Crippen LogP contribution in [0.5, 0.6) is 0 Å². The molecule has 10 heteroatoms. The molecule has 9 nitrogen and oxygen atoms in total. The lowest BCUT2D eigenvalue weighted by atomic mass is 10.0. The average Bonchev–Trinajstić information content (AvgIpc) is 3.04. The van der Waals surface area contributed by atoms with Crippen LogP contribution in [0.25, 0.3) is 0 Å². The maximum Gasteiger partial charge on any atom is 0.338 e. The average molecular weight is 407 g/mol. The first kappa shape index (κ1) is 19.9. The molecule has 1 aromatic heterocycles. The molecule has 1 aliphatic heterocycles. The maximum atomic E-state index is 12.4. The molecule has 150 valence electrons. The molecule has 0 fully saturated rings. The first-order chi connectivity index (χ1) is 13.1. The number of sulfonamides is 1. The van der Waals surface area contributed by atoms with Gasteiger partial charge in [0.25, 0.3) is 5.91 Å². The number of fused-ring (bicyclic) bond motifs is 1. The molecule has 0 saturated carbocycles. The lowest BCUT2D eigenvalue weighted by molar-refractivity contribution is -0.123. The number of ether oxygens (including phenoxy) is 1. The third-order valence-corrected chi connectivity index (χ3v) is 5.50. The maximum absolute atomic E-state index is 12.4. The highest BCUT2D eigenvalue weighted by molar-refractivity contribution is 7.92. The van der Waals surface area contributed by atoms with E-state index in [1.54, 1.807) is 25.1 Å². The fourth-order valence-electron chi connectivity index (χ4n) is 2.97. The van der Waals surface area contributed by atoms with Crippen LogP contribution in [0.1, 0.15) is 35.0 Å². The smallest absolute Gasteiger partial charge is 0.338 e. The number of benzene rings is 1. The number of esters is 1. The van der Waals surface area contributed by atoms with E-state index >= 15 is 0 Å². The van der Waals surface area contributed by atoms with Gasteiger partial charge < -0.3 is 14.6 Å². The van der Waals surface area contributed by atoms with Gasteiger partial charge in [0.05, 0.1) is 17.5 Å². The number of hydrogen-bond donors (Lipinski definition) is 1. The van der Waals surface area contributed by atoms with Gasteiger partial charge in [0, 0.05) is 12.6 Å². The van der Waals surface area contributed by atoms with Crippen LogP contribution in [-0.4, -0.2) is 44.4 Å². The molecule has 2 heterocycles. The molecule has 1 amide bonds. The summed E-state index contributed by atoms with van der Waals surface area (Å²) in [6.45, 7) is 3.55. The zero-order valence-corrected chi connectivity index (χ0v) is 16.6. The molecule has 0 saturated heterocycles. The van der Waals surface area contributed by atoms with Gasteiger partial charge in [-0.05, 0) is 50.5 Å². The molecule has 1 aliphatic rings. The molecule has 1 atom stereocenters. The van der Waals surface area contributed by atoms with Crippen molar-refractivity contribution in [3.8, 4) is 0 Å². The first-order valence-corrected chi connectivity index (χ1v) is 10.6. The Kier molecular flexibility index (Phi) is 5.41. The van der Waals surface area contributed by atoms with Crippen molar-refractivity contribution in [1.29, 1.82) is 0 Å². The highest BCUT2D eigenvalue weighted by atomic mass is 32.2. The van der Waals surface area contributed by atoms with E-state index in [1.165, 1.54) is 17.3 Å². The lowest BCUT2D eigenvalue weighted by Gasteiger charge is -2.29. The number of hydrogen-bond acceptors (Lipinski definition) is 7. The normalized spacial score (nSPS) is 14.9. The van der Waals surface area contributed by atoms with Crippen LogP contribution >= 0.6 is 0 Å². The van der Waals surface area contributed by atoms with Crippen LogP contribution in [0.3, 0.4) is 0 Å². The van der Waals surface area contributed by atoms with Gasteiger partial charge in [-0.25, -0.2) is 13.2 Å². The van der Waals surface area contributed by atoms with Crippen molar-refractivity contribution in [3.05, 3.63) is 41.2 Å². The summed E-state index contributed by atoms with van der Waals surface area (Å²) in [4.78, 5) is 24.5. The van der Waals surface area contributed by atoms with E-state index in [2.05, 4.69) is 10.5 Å². The molecule has 1 N–H and O–H groups in total. The van der Waals surface area contributed by atoms with E-state index in [9.17, 15) is 18.0 Å². The Morgan fingerprint density at radius 3 is 2.71 bits per heavy atom. The van der Waals surface area contributed by atoms with E-state index < -0.39 is 28.0 Å². The molecular weight excluding hydrogens is 386 g/mol. The number of amides is 1. The molecule has 2 aromatic rings. The second-order valence-electron chi connectivity index (χ2n) is 6.64. The van der Waals surface area contributed by atoms with Crippen molar-refractivity contribution >= 4 is 33.4 Å². The van der Waals surface area contributed by atoms with Gasteiger partial charge in [0.15, 0.2) is 11.9 Å². The Balaban J connectivity index is 1.70. The number of anilines is 2. The van der Waals surface area contributed by atoms with Crippen LogP contribution in [-0.2, 0) is 26.0 Å². The minimum atomic E-state index is -3.38. The van der Waals surface area contributed by atoms with Gasteiger partial charge in [-0.1, -0.05) is 5.16 Å². The summed E-state index contributed by atoms with van der Waals surface area (Å²) in [7, 11) is -3.38. The fraction of sp³-hybridized carbons (Fsp3) is 0.389. The van der Waals surface area contributed by atoms with Crippen molar-refractivity contribution in [2.75, 3.05) is 22.4 Å². The van der Waals surface area contributed by atoms with Gasteiger partial charge in [-0.2, -0.15) is 0 Å². The van der Waals surface area contributed by atoms with E-state index in [1.807, 2.05) is 0 Å². The Morgan fingerprint density at radius 2 is 2.07 bits per heavy atom. The van der Waals surface area contributed by atoms with Crippen molar-refractivity contribution < 1.29 is 27.3 Å². The number of carbonyl (C=O) groups is 2. The SMILES string of the molecule is Cc1cc(NC(=O)[C@@H](C)OC(=O)c2ccc3c(c2)CCCN3S(C)(=O)=O)no1. The first-order valence-electron chi connectivity index (χ1n) is 8.71. The molecule has 0 aliphatic carbocycles. The third kappa shape index (κ3) is 4.33. The van der Waals surface area contributed by atoms with Crippen LogP contribution in [0, 0.1) is 6.92 Å². The van der Waals surface area contributed by atoms with E-state index in [4.69, 9.17) is 9.26 Å². The number of aromatic nitrogens is 1. The Hall–Kier alpha value is -2.88. The zero-order chi connectivity index (χ0) is 20.5. The number of rotatable bonds is 5. The minimum Gasteiger partial charge on any atom is -0.449 e. The minimum absolute atomic E-state index is 0.236. The van der Waals surface area contributed by atoms with Crippen molar-refractivity contribution in [1.82, 2.24) is 5.16 Å². The molecule has 0 spiro atoms. The fourth-order valence-corrected chi connectivity index (χ4v) is 3.97. The predicted molar refractivity (Wildman–Crippen MR) is 102 cm³/mol. The topological polar surface area (TPSA) is 119 Å². The summed E-state index contributed by atoms with van der Waals surface area (Å²) in [6.07, 6.45) is 1.42. The van der Waals surface area contributed by atoms with E-state index in [-0.39, 0.29) is 11.4 Å². The molecule has 3 rings (SSSR count). The number of nitrogens with one attached hydrogen (secondary N) is 1. The summed E-state index contributed by atoms with van der Waals surface area (Å²) in [5, 5.41) is 6.15. The van der Waals surface area contributed by atoms with Crippen LogP contribution in [0.2, 0.25) is 0 Å². The van der Waals surface area contributed by atoms with E-state index in [0.717, 1.165) is 11.8 Å². The Morgan fingerprint density at radius 1 is 1.32 bits per heavy atom. The predicted octanol–water partition coefficient (Wildman–Crippen LogP) is 1.88. The lowest BCUT2D eigenvalue weighted by Crippen LogP contribution is -2.34. The van der Waals surface area contributed by atoms with Gasteiger partial charge in [0.1, 0.15) is 5.76 Å². The largest absolute Gasteiger partial charge is 0.449 e. The summed E-state index contributed by atoms with van der Waals surface area (Å²) in [5.74, 6) is -0.432. The highest BCUT2D eigenvalue weighted by Crippen LogP contribution is 2.30. The third-order valence-electron chi connectivity index (χ3n) is 4.32. The molecule has 28 heavy (non-hydrogen) atoms. The molecule has 1 aromatic carbocycles. The Labute approximate surface area is 162 Å². The summed E-state index contributed by atoms with van der Waals surface area (Å²) >= 11 is 0. The van der Waals surface area contributed by atoms with Crippen LogP contribution in [0.4, 0.5) is 11.5 Å². The summed E-state index contributed by atoms with van der Waals surface area (Å²) < 4.78 is 35.2. The van der Waals surface area contributed by atoms with Gasteiger partial charge in [-0.3, -0.25) is 9.10 Å².